The van der Waals surface area contributed by atoms with Gasteiger partial charge in [0.2, 0.25) is 15.9 Å². The van der Waals surface area contributed by atoms with Crippen LogP contribution in [-0.4, -0.2) is 26.9 Å². The molecular formula is C14H22Cl2FN3O3S. The second kappa shape index (κ2) is 9.53. The molecule has 0 aromatic heterocycles. The number of amides is 1. The molecule has 1 aromatic rings. The maximum Gasteiger partial charge on any atom is 0.243 e. The molecule has 0 aliphatic rings. The monoisotopic (exact) mass is 401 g/mol. The van der Waals surface area contributed by atoms with E-state index in [2.05, 4.69) is 10.0 Å². The maximum absolute atomic E-state index is 14.1. The van der Waals surface area contributed by atoms with E-state index in [1.54, 1.807) is 0 Å². The van der Waals surface area contributed by atoms with Gasteiger partial charge in [0.05, 0.1) is 10.7 Å². The summed E-state index contributed by atoms with van der Waals surface area (Å²) in [5.74, 6) is -1.23. The minimum Gasteiger partial charge on any atom is -0.329 e. The molecular weight excluding hydrogens is 380 g/mol. The minimum absolute atomic E-state index is 0. The van der Waals surface area contributed by atoms with Crippen LogP contribution in [0.25, 0.3) is 0 Å². The lowest BCUT2D eigenvalue weighted by molar-refractivity contribution is -0.114. The Morgan fingerprint density at radius 1 is 1.38 bits per heavy atom. The van der Waals surface area contributed by atoms with E-state index in [1.165, 1.54) is 6.92 Å². The van der Waals surface area contributed by atoms with Crippen molar-refractivity contribution in [1.29, 1.82) is 0 Å². The Kier molecular flexibility index (Phi) is 9.16. The first-order chi connectivity index (χ1) is 10.6. The summed E-state index contributed by atoms with van der Waals surface area (Å²) >= 11 is 5.91. The number of halogens is 3. The van der Waals surface area contributed by atoms with Gasteiger partial charge in [-0.05, 0) is 18.4 Å². The molecule has 138 valence electrons. The van der Waals surface area contributed by atoms with Gasteiger partial charge in [-0.25, -0.2) is 17.5 Å². The fourth-order valence-electron chi connectivity index (χ4n) is 2.06. The minimum atomic E-state index is -4.12. The molecule has 1 aromatic carbocycles. The first-order valence-corrected chi connectivity index (χ1v) is 8.92. The van der Waals surface area contributed by atoms with Gasteiger partial charge in [0.15, 0.2) is 0 Å². The fraction of sp³-hybridized carbons (Fsp3) is 0.500. The fourth-order valence-corrected chi connectivity index (χ4v) is 3.69. The van der Waals surface area contributed by atoms with E-state index < -0.39 is 32.7 Å². The molecule has 0 heterocycles. The number of nitrogens with two attached hydrogens (primary N) is 1. The lowest BCUT2D eigenvalue weighted by Crippen LogP contribution is -2.41. The van der Waals surface area contributed by atoms with E-state index in [0.29, 0.717) is 6.42 Å². The molecule has 1 rings (SSSR count). The Morgan fingerprint density at radius 2 is 1.96 bits per heavy atom. The molecule has 1 unspecified atom stereocenters. The Hall–Kier alpha value is -0.930. The van der Waals surface area contributed by atoms with Crippen LogP contribution in [0.3, 0.4) is 0 Å². The highest BCUT2D eigenvalue weighted by atomic mass is 35.5. The van der Waals surface area contributed by atoms with Gasteiger partial charge in [-0.3, -0.25) is 4.79 Å². The molecule has 0 aliphatic heterocycles. The van der Waals surface area contributed by atoms with Crippen LogP contribution in [0, 0.1) is 11.7 Å². The van der Waals surface area contributed by atoms with Crippen LogP contribution in [0.1, 0.15) is 27.2 Å². The quantitative estimate of drug-likeness (QED) is 0.652. The molecule has 10 heteroatoms. The summed E-state index contributed by atoms with van der Waals surface area (Å²) in [7, 11) is -4.12. The zero-order valence-electron chi connectivity index (χ0n) is 13.6. The summed E-state index contributed by atoms with van der Waals surface area (Å²) in [5.41, 5.74) is 5.57. The Morgan fingerprint density at radius 3 is 2.42 bits per heavy atom. The summed E-state index contributed by atoms with van der Waals surface area (Å²) < 4.78 is 41.2. The lowest BCUT2D eigenvalue weighted by Gasteiger charge is -2.19. The van der Waals surface area contributed by atoms with Crippen LogP contribution >= 0.6 is 24.0 Å². The zero-order valence-corrected chi connectivity index (χ0v) is 16.0. The number of hydrogen-bond donors (Lipinski definition) is 3. The molecule has 0 bridgehead atoms. The normalized spacial score (nSPS) is 12.6. The van der Waals surface area contributed by atoms with E-state index >= 15 is 0 Å². The van der Waals surface area contributed by atoms with Gasteiger partial charge >= 0.3 is 0 Å². The van der Waals surface area contributed by atoms with Crippen LogP contribution in [0.15, 0.2) is 17.0 Å². The van der Waals surface area contributed by atoms with Crippen LogP contribution in [-0.2, 0) is 14.8 Å². The Labute approximate surface area is 152 Å². The second-order valence-electron chi connectivity index (χ2n) is 5.63. The highest BCUT2D eigenvalue weighted by Crippen LogP contribution is 2.28. The molecule has 0 aliphatic carbocycles. The van der Waals surface area contributed by atoms with Crippen molar-refractivity contribution in [3.8, 4) is 0 Å². The Bertz CT molecular complexity index is 684. The number of anilines is 1. The molecule has 0 radical (unpaired) electrons. The molecule has 4 N–H and O–H groups in total. The van der Waals surface area contributed by atoms with Crippen molar-refractivity contribution in [1.82, 2.24) is 4.72 Å². The standard InChI is InChI=1S/C14H21ClFN3O3S.ClH/c1-8(2)4-10(7-17)19-23(21,22)14-5-11(15)13(6-12(14)16)18-9(3)20;/h5-6,8,10,19H,4,7,17H2,1-3H3,(H,18,20);1H. The molecule has 1 atom stereocenters. The predicted molar refractivity (Wildman–Crippen MR) is 95.6 cm³/mol. The molecule has 24 heavy (non-hydrogen) atoms. The van der Waals surface area contributed by atoms with Gasteiger partial charge < -0.3 is 11.1 Å². The van der Waals surface area contributed by atoms with Crippen LogP contribution in [0.5, 0.6) is 0 Å². The van der Waals surface area contributed by atoms with Crippen molar-refractivity contribution in [3.05, 3.63) is 23.0 Å². The van der Waals surface area contributed by atoms with E-state index in [-0.39, 0.29) is 35.6 Å². The summed E-state index contributed by atoms with van der Waals surface area (Å²) in [6, 6.07) is 1.33. The van der Waals surface area contributed by atoms with Gasteiger partial charge in [-0.15, -0.1) is 12.4 Å². The third-order valence-electron chi connectivity index (χ3n) is 2.98. The van der Waals surface area contributed by atoms with Gasteiger partial charge in [0.25, 0.3) is 0 Å². The number of nitrogens with one attached hydrogen (secondary N) is 2. The SMILES string of the molecule is CC(=O)Nc1cc(F)c(S(=O)(=O)NC(CN)CC(C)C)cc1Cl.Cl. The number of carbonyl (C=O) groups excluding carboxylic acids is 1. The predicted octanol–water partition coefficient (Wildman–Crippen LogP) is 2.51. The summed E-state index contributed by atoms with van der Waals surface area (Å²) in [6.45, 7) is 5.18. The highest BCUT2D eigenvalue weighted by molar-refractivity contribution is 7.89. The van der Waals surface area contributed by atoms with E-state index in [9.17, 15) is 17.6 Å². The van der Waals surface area contributed by atoms with Crippen molar-refractivity contribution in [2.24, 2.45) is 11.7 Å². The third kappa shape index (κ3) is 6.52. The van der Waals surface area contributed by atoms with Crippen molar-refractivity contribution in [2.45, 2.75) is 38.1 Å². The van der Waals surface area contributed by atoms with Gasteiger partial charge in [-0.2, -0.15) is 0 Å². The third-order valence-corrected chi connectivity index (χ3v) is 4.83. The molecule has 6 nitrogen and oxygen atoms in total. The van der Waals surface area contributed by atoms with Crippen LogP contribution < -0.4 is 15.8 Å². The van der Waals surface area contributed by atoms with Crippen LogP contribution in [0.4, 0.5) is 10.1 Å². The summed E-state index contributed by atoms with van der Waals surface area (Å²) in [6.07, 6.45) is 0.523. The smallest absolute Gasteiger partial charge is 0.243 e. The zero-order chi connectivity index (χ0) is 17.8. The van der Waals surface area contributed by atoms with E-state index in [1.807, 2.05) is 13.8 Å². The molecule has 1 amide bonds. The largest absolute Gasteiger partial charge is 0.329 e. The van der Waals surface area contributed by atoms with E-state index in [0.717, 1.165) is 12.1 Å². The number of carbonyl (C=O) groups is 1. The molecule has 0 saturated heterocycles. The topological polar surface area (TPSA) is 101 Å². The number of benzene rings is 1. The second-order valence-corrected chi connectivity index (χ2v) is 7.72. The van der Waals surface area contributed by atoms with Gasteiger partial charge in [-0.1, -0.05) is 25.4 Å². The van der Waals surface area contributed by atoms with E-state index in [4.69, 9.17) is 17.3 Å². The van der Waals surface area contributed by atoms with Gasteiger partial charge in [0, 0.05) is 25.6 Å². The van der Waals surface area contributed by atoms with Crippen molar-refractivity contribution >= 4 is 45.6 Å². The lowest BCUT2D eigenvalue weighted by atomic mass is 10.1. The molecule has 0 saturated carbocycles. The molecule has 0 fully saturated rings. The number of rotatable bonds is 7. The average Bonchev–Trinajstić information content (AvgIpc) is 2.40. The first kappa shape index (κ1) is 23.1. The van der Waals surface area contributed by atoms with Crippen LogP contribution in [0.2, 0.25) is 5.02 Å². The summed E-state index contributed by atoms with van der Waals surface area (Å²) in [5, 5.41) is 2.25. The maximum atomic E-state index is 14.1. The van der Waals surface area contributed by atoms with Crippen molar-refractivity contribution in [3.63, 3.8) is 0 Å². The number of sulfonamides is 1. The first-order valence-electron chi connectivity index (χ1n) is 7.05. The summed E-state index contributed by atoms with van der Waals surface area (Å²) in [4.78, 5) is 10.4. The van der Waals surface area contributed by atoms with Crippen molar-refractivity contribution < 1.29 is 17.6 Å². The number of hydrogen-bond acceptors (Lipinski definition) is 4. The highest BCUT2D eigenvalue weighted by Gasteiger charge is 2.25. The van der Waals surface area contributed by atoms with Gasteiger partial charge in [0.1, 0.15) is 10.7 Å². The average molecular weight is 402 g/mol. The Balaban J connectivity index is 0.00000529. The van der Waals surface area contributed by atoms with Crippen molar-refractivity contribution in [2.75, 3.05) is 11.9 Å². The molecule has 0 spiro atoms.